The molecule has 1 aromatic rings. The van der Waals surface area contributed by atoms with Gasteiger partial charge >= 0.3 is 0 Å². The Bertz CT molecular complexity index is 419. The van der Waals surface area contributed by atoms with Crippen LogP contribution in [0.5, 0.6) is 0 Å². The molecule has 1 saturated heterocycles. The van der Waals surface area contributed by atoms with Gasteiger partial charge in [0, 0.05) is 19.3 Å². The van der Waals surface area contributed by atoms with Gasteiger partial charge in [0.1, 0.15) is 5.69 Å². The average molecular weight is 269 g/mol. The fourth-order valence-corrected chi connectivity index (χ4v) is 2.67. The van der Waals surface area contributed by atoms with Crippen molar-refractivity contribution in [3.8, 4) is 0 Å². The van der Waals surface area contributed by atoms with Crippen LogP contribution in [-0.2, 0) is 0 Å². The maximum atomic E-state index is 13.8. The molecule has 1 fully saturated rings. The molecule has 1 aliphatic rings. The number of piperidine rings is 1. The molecule has 2 N–H and O–H groups in total. The summed E-state index contributed by atoms with van der Waals surface area (Å²) < 4.78 is 27.6. The lowest BCUT2D eigenvalue weighted by molar-refractivity contribution is 0.222. The molecule has 0 aromatic heterocycles. The highest BCUT2D eigenvalue weighted by molar-refractivity contribution is 5.55. The van der Waals surface area contributed by atoms with E-state index in [1.807, 2.05) is 0 Å². The van der Waals surface area contributed by atoms with Crippen molar-refractivity contribution in [2.75, 3.05) is 44.4 Å². The minimum absolute atomic E-state index is 0.0214. The third-order valence-corrected chi connectivity index (χ3v) is 3.79. The summed E-state index contributed by atoms with van der Waals surface area (Å²) in [6, 6.07) is 2.34. The molecule has 0 aliphatic carbocycles. The van der Waals surface area contributed by atoms with Crippen LogP contribution in [0.2, 0.25) is 0 Å². The minimum Gasteiger partial charge on any atom is -0.399 e. The molecule has 1 aliphatic heterocycles. The van der Waals surface area contributed by atoms with Crippen LogP contribution in [0.4, 0.5) is 20.2 Å². The van der Waals surface area contributed by atoms with Crippen LogP contribution in [-0.4, -0.2) is 38.6 Å². The quantitative estimate of drug-likeness (QED) is 0.855. The summed E-state index contributed by atoms with van der Waals surface area (Å²) in [5, 5.41) is 0. The lowest BCUT2D eigenvalue weighted by atomic mass is 9.96. The number of rotatable bonds is 3. The Morgan fingerprint density at radius 3 is 2.32 bits per heavy atom. The van der Waals surface area contributed by atoms with E-state index in [2.05, 4.69) is 11.9 Å². The fraction of sp³-hybridized carbons (Fsp3) is 0.571. The van der Waals surface area contributed by atoms with Gasteiger partial charge in [0.2, 0.25) is 0 Å². The lowest BCUT2D eigenvalue weighted by Gasteiger charge is -2.32. The molecule has 5 heteroatoms. The maximum Gasteiger partial charge on any atom is 0.151 e. The van der Waals surface area contributed by atoms with Crippen molar-refractivity contribution in [2.45, 2.75) is 12.8 Å². The normalized spacial score (nSPS) is 17.7. The first-order valence-corrected chi connectivity index (χ1v) is 6.61. The number of likely N-dealkylation sites (tertiary alicyclic amines) is 1. The standard InChI is InChI=1S/C14H21F2N3/c1-18-5-3-10(4-6-18)9-19(2)14-12(15)7-11(17)8-13(14)16/h7-8,10H,3-6,9,17H2,1-2H3. The van der Waals surface area contributed by atoms with Gasteiger partial charge in [-0.25, -0.2) is 8.78 Å². The van der Waals surface area contributed by atoms with Crippen LogP contribution in [0.3, 0.4) is 0 Å². The summed E-state index contributed by atoms with van der Waals surface area (Å²) in [6.07, 6.45) is 2.14. The summed E-state index contributed by atoms with van der Waals surface area (Å²) in [5.74, 6) is -0.696. The molecule has 0 spiro atoms. The van der Waals surface area contributed by atoms with Crippen LogP contribution < -0.4 is 10.6 Å². The lowest BCUT2D eigenvalue weighted by Crippen LogP contribution is -2.36. The average Bonchev–Trinajstić information content (AvgIpc) is 2.30. The van der Waals surface area contributed by atoms with Crippen LogP contribution in [0, 0.1) is 17.6 Å². The molecule has 0 unspecified atom stereocenters. The second kappa shape index (κ2) is 5.74. The minimum atomic E-state index is -0.590. The second-order valence-corrected chi connectivity index (χ2v) is 5.46. The number of benzene rings is 1. The number of halogens is 2. The summed E-state index contributed by atoms with van der Waals surface area (Å²) in [4.78, 5) is 3.95. The first kappa shape index (κ1) is 14.1. The number of hydrogen-bond donors (Lipinski definition) is 1. The monoisotopic (exact) mass is 269 g/mol. The number of hydrogen-bond acceptors (Lipinski definition) is 3. The summed E-state index contributed by atoms with van der Waals surface area (Å²) in [6.45, 7) is 2.77. The van der Waals surface area contributed by atoms with Gasteiger partial charge in [-0.2, -0.15) is 0 Å². The van der Waals surface area contributed by atoms with Gasteiger partial charge in [-0.05, 0) is 51.0 Å². The molecular formula is C14H21F2N3. The SMILES string of the molecule is CN1CCC(CN(C)c2c(F)cc(N)cc2F)CC1. The van der Waals surface area contributed by atoms with Gasteiger partial charge in [0.05, 0.1) is 0 Å². The van der Waals surface area contributed by atoms with E-state index in [1.165, 1.54) is 12.1 Å². The zero-order valence-corrected chi connectivity index (χ0v) is 11.5. The van der Waals surface area contributed by atoms with Gasteiger partial charge in [0.15, 0.2) is 11.6 Å². The van der Waals surface area contributed by atoms with E-state index >= 15 is 0 Å². The van der Waals surface area contributed by atoms with Crippen LogP contribution in [0.25, 0.3) is 0 Å². The molecule has 1 aromatic carbocycles. The Hall–Kier alpha value is -1.36. The molecule has 2 rings (SSSR count). The Morgan fingerprint density at radius 2 is 1.79 bits per heavy atom. The molecule has 3 nitrogen and oxygen atoms in total. The highest BCUT2D eigenvalue weighted by Gasteiger charge is 2.21. The van der Waals surface area contributed by atoms with Gasteiger partial charge in [-0.3, -0.25) is 0 Å². The molecule has 0 bridgehead atoms. The van der Waals surface area contributed by atoms with Crippen LogP contribution in [0.15, 0.2) is 12.1 Å². The first-order valence-electron chi connectivity index (χ1n) is 6.61. The van der Waals surface area contributed by atoms with Crippen LogP contribution in [0.1, 0.15) is 12.8 Å². The zero-order valence-electron chi connectivity index (χ0n) is 11.5. The summed E-state index contributed by atoms with van der Waals surface area (Å²) >= 11 is 0. The van der Waals surface area contributed by atoms with E-state index in [0.717, 1.165) is 25.9 Å². The van der Waals surface area contributed by atoms with E-state index in [1.54, 1.807) is 11.9 Å². The summed E-state index contributed by atoms with van der Waals surface area (Å²) in [5.41, 5.74) is 5.56. The van der Waals surface area contributed by atoms with E-state index in [9.17, 15) is 8.78 Å². The van der Waals surface area contributed by atoms with Crippen molar-refractivity contribution >= 4 is 11.4 Å². The summed E-state index contributed by atoms with van der Waals surface area (Å²) in [7, 11) is 3.83. The van der Waals surface area contributed by atoms with Crippen molar-refractivity contribution in [2.24, 2.45) is 5.92 Å². The third kappa shape index (κ3) is 3.35. The Morgan fingerprint density at radius 1 is 1.26 bits per heavy atom. The maximum absolute atomic E-state index is 13.8. The third-order valence-electron chi connectivity index (χ3n) is 3.79. The van der Waals surface area contributed by atoms with E-state index in [4.69, 9.17) is 5.73 Å². The number of nitrogen functional groups attached to an aromatic ring is 1. The number of nitrogens with zero attached hydrogens (tertiary/aromatic N) is 2. The van der Waals surface area contributed by atoms with Crippen molar-refractivity contribution in [3.05, 3.63) is 23.8 Å². The molecule has 19 heavy (non-hydrogen) atoms. The molecule has 0 radical (unpaired) electrons. The van der Waals surface area contributed by atoms with Gasteiger partial charge in [-0.1, -0.05) is 0 Å². The molecular weight excluding hydrogens is 248 g/mol. The molecule has 1 heterocycles. The predicted octanol–water partition coefficient (Wildman–Crippen LogP) is 2.33. The molecule has 0 atom stereocenters. The predicted molar refractivity (Wildman–Crippen MR) is 74.3 cm³/mol. The Balaban J connectivity index is 2.06. The van der Waals surface area contributed by atoms with Crippen LogP contribution >= 0.6 is 0 Å². The molecule has 0 amide bonds. The van der Waals surface area contributed by atoms with Gasteiger partial charge in [-0.15, -0.1) is 0 Å². The van der Waals surface area contributed by atoms with E-state index in [0.29, 0.717) is 12.5 Å². The molecule has 106 valence electrons. The highest BCUT2D eigenvalue weighted by Crippen LogP contribution is 2.27. The van der Waals surface area contributed by atoms with E-state index in [-0.39, 0.29) is 11.4 Å². The number of nitrogens with two attached hydrogens (primary N) is 1. The Labute approximate surface area is 113 Å². The zero-order chi connectivity index (χ0) is 14.0. The fourth-order valence-electron chi connectivity index (χ4n) is 2.67. The largest absolute Gasteiger partial charge is 0.399 e. The van der Waals surface area contributed by atoms with Gasteiger partial charge in [0.25, 0.3) is 0 Å². The van der Waals surface area contributed by atoms with Crippen molar-refractivity contribution in [1.82, 2.24) is 4.90 Å². The highest BCUT2D eigenvalue weighted by atomic mass is 19.1. The topological polar surface area (TPSA) is 32.5 Å². The second-order valence-electron chi connectivity index (χ2n) is 5.46. The van der Waals surface area contributed by atoms with Crippen molar-refractivity contribution in [3.63, 3.8) is 0 Å². The van der Waals surface area contributed by atoms with Crippen molar-refractivity contribution in [1.29, 1.82) is 0 Å². The van der Waals surface area contributed by atoms with E-state index < -0.39 is 11.6 Å². The smallest absolute Gasteiger partial charge is 0.151 e. The van der Waals surface area contributed by atoms with Gasteiger partial charge < -0.3 is 15.5 Å². The number of anilines is 2. The first-order chi connectivity index (χ1) is 8.97. The molecule has 0 saturated carbocycles. The van der Waals surface area contributed by atoms with Crippen molar-refractivity contribution < 1.29 is 8.78 Å². The Kier molecular flexibility index (Phi) is 4.24.